The quantitative estimate of drug-likeness (QED) is 0.828. The molecule has 1 aliphatic carbocycles. The highest BCUT2D eigenvalue weighted by atomic mass is 32.2. The van der Waals surface area contributed by atoms with Crippen molar-refractivity contribution in [3.63, 3.8) is 0 Å². The van der Waals surface area contributed by atoms with E-state index in [9.17, 15) is 8.42 Å². The van der Waals surface area contributed by atoms with Gasteiger partial charge in [0.05, 0.1) is 24.4 Å². The Morgan fingerprint density at radius 2 is 2.05 bits per heavy atom. The molecule has 2 unspecified atom stereocenters. The number of ether oxygens (including phenoxy) is 1. The van der Waals surface area contributed by atoms with E-state index in [-0.39, 0.29) is 17.0 Å². The summed E-state index contributed by atoms with van der Waals surface area (Å²) in [5.74, 6) is 0. The van der Waals surface area contributed by atoms with Crippen molar-refractivity contribution < 1.29 is 13.2 Å². The number of anilines is 1. The molecule has 1 aromatic carbocycles. The molecular formula is C13H18N2O3S. The van der Waals surface area contributed by atoms with Crippen LogP contribution in [0.5, 0.6) is 0 Å². The number of nitrogens with zero attached hydrogens (tertiary/aromatic N) is 1. The molecule has 2 aliphatic rings. The molecule has 1 saturated heterocycles. The molecule has 3 rings (SSSR count). The van der Waals surface area contributed by atoms with E-state index in [2.05, 4.69) is 0 Å². The largest absolute Gasteiger partial charge is 0.398 e. The zero-order valence-electron chi connectivity index (χ0n) is 10.7. The number of para-hydroxylation sites is 1. The van der Waals surface area contributed by atoms with Crippen LogP contribution in [0.25, 0.3) is 0 Å². The maximum atomic E-state index is 12.7. The van der Waals surface area contributed by atoms with Gasteiger partial charge in [0.1, 0.15) is 4.90 Å². The van der Waals surface area contributed by atoms with Crippen LogP contribution in [0, 0.1) is 0 Å². The molecule has 104 valence electrons. The van der Waals surface area contributed by atoms with Crippen molar-refractivity contribution in [2.24, 2.45) is 0 Å². The fourth-order valence-corrected chi connectivity index (χ4v) is 4.81. The van der Waals surface area contributed by atoms with Gasteiger partial charge in [-0.1, -0.05) is 12.1 Å². The molecule has 5 nitrogen and oxygen atoms in total. The van der Waals surface area contributed by atoms with Crippen LogP contribution in [0.1, 0.15) is 19.3 Å². The summed E-state index contributed by atoms with van der Waals surface area (Å²) in [5.41, 5.74) is 6.12. The van der Waals surface area contributed by atoms with Gasteiger partial charge in [-0.15, -0.1) is 0 Å². The first kappa shape index (κ1) is 12.9. The Bertz CT molecular complexity index is 573. The molecule has 2 N–H and O–H groups in total. The lowest BCUT2D eigenvalue weighted by molar-refractivity contribution is -0.0241. The Labute approximate surface area is 113 Å². The van der Waals surface area contributed by atoms with E-state index >= 15 is 0 Å². The minimum atomic E-state index is -3.52. The van der Waals surface area contributed by atoms with Gasteiger partial charge in [-0.05, 0) is 31.4 Å². The number of nitrogen functional groups attached to an aromatic ring is 1. The van der Waals surface area contributed by atoms with Crippen LogP contribution in [0.15, 0.2) is 29.2 Å². The van der Waals surface area contributed by atoms with E-state index in [1.54, 1.807) is 28.6 Å². The number of benzene rings is 1. The summed E-state index contributed by atoms with van der Waals surface area (Å²) >= 11 is 0. The number of morpholine rings is 1. The van der Waals surface area contributed by atoms with Crippen molar-refractivity contribution in [1.82, 2.24) is 4.31 Å². The van der Waals surface area contributed by atoms with E-state index in [0.717, 1.165) is 19.3 Å². The molecule has 19 heavy (non-hydrogen) atoms. The summed E-state index contributed by atoms with van der Waals surface area (Å²) in [6, 6.07) is 6.61. The van der Waals surface area contributed by atoms with Gasteiger partial charge in [0.15, 0.2) is 0 Å². The van der Waals surface area contributed by atoms with Gasteiger partial charge in [-0.2, -0.15) is 4.31 Å². The van der Waals surface area contributed by atoms with Crippen LogP contribution >= 0.6 is 0 Å². The summed E-state index contributed by atoms with van der Waals surface area (Å²) in [4.78, 5) is 0.211. The summed E-state index contributed by atoms with van der Waals surface area (Å²) in [6.45, 7) is 0.880. The van der Waals surface area contributed by atoms with Crippen molar-refractivity contribution >= 4 is 15.7 Å². The van der Waals surface area contributed by atoms with E-state index in [1.807, 2.05) is 0 Å². The van der Waals surface area contributed by atoms with Crippen molar-refractivity contribution in [2.45, 2.75) is 36.3 Å². The first-order chi connectivity index (χ1) is 9.10. The Balaban J connectivity index is 1.98. The third-order valence-corrected chi connectivity index (χ3v) is 5.94. The highest BCUT2D eigenvalue weighted by Gasteiger charge is 2.42. The number of fused-ring (bicyclic) bond motifs is 1. The Hall–Kier alpha value is -1.11. The third-order valence-electron chi connectivity index (χ3n) is 3.94. The smallest absolute Gasteiger partial charge is 0.245 e. The second kappa shape index (κ2) is 4.77. The molecule has 2 fully saturated rings. The average molecular weight is 282 g/mol. The third kappa shape index (κ3) is 2.13. The molecule has 1 heterocycles. The summed E-state index contributed by atoms with van der Waals surface area (Å²) < 4.78 is 32.7. The molecule has 0 bridgehead atoms. The molecule has 1 aromatic rings. The number of rotatable bonds is 2. The van der Waals surface area contributed by atoms with Crippen molar-refractivity contribution in [2.75, 3.05) is 18.9 Å². The zero-order chi connectivity index (χ0) is 13.5. The average Bonchev–Trinajstić information content (AvgIpc) is 2.86. The maximum absolute atomic E-state index is 12.7. The first-order valence-electron chi connectivity index (χ1n) is 6.58. The highest BCUT2D eigenvalue weighted by Crippen LogP contribution is 2.34. The molecule has 1 saturated carbocycles. The summed E-state index contributed by atoms with van der Waals surface area (Å²) in [5, 5.41) is 0. The predicted molar refractivity (Wildman–Crippen MR) is 72.1 cm³/mol. The predicted octanol–water partition coefficient (Wildman–Crippen LogP) is 1.21. The monoisotopic (exact) mass is 282 g/mol. The lowest BCUT2D eigenvalue weighted by Gasteiger charge is -2.36. The number of sulfonamides is 1. The van der Waals surface area contributed by atoms with Gasteiger partial charge < -0.3 is 10.5 Å². The SMILES string of the molecule is Nc1ccccc1S(=O)(=O)N1CCOC2CCCC21. The second-order valence-corrected chi connectivity index (χ2v) is 6.92. The van der Waals surface area contributed by atoms with Crippen molar-refractivity contribution in [1.29, 1.82) is 0 Å². The number of nitrogens with two attached hydrogens (primary N) is 1. The minimum absolute atomic E-state index is 0.0293. The van der Waals surface area contributed by atoms with E-state index in [0.29, 0.717) is 18.8 Å². The molecular weight excluding hydrogens is 264 g/mol. The van der Waals surface area contributed by atoms with E-state index < -0.39 is 10.0 Å². The molecule has 0 spiro atoms. The zero-order valence-corrected chi connectivity index (χ0v) is 11.5. The van der Waals surface area contributed by atoms with Crippen LogP contribution in [0.2, 0.25) is 0 Å². The van der Waals surface area contributed by atoms with Gasteiger partial charge in [-0.3, -0.25) is 0 Å². The lowest BCUT2D eigenvalue weighted by Crippen LogP contribution is -2.51. The lowest BCUT2D eigenvalue weighted by atomic mass is 10.2. The number of hydrogen-bond acceptors (Lipinski definition) is 4. The van der Waals surface area contributed by atoms with Gasteiger partial charge >= 0.3 is 0 Å². The molecule has 6 heteroatoms. The van der Waals surface area contributed by atoms with Crippen LogP contribution in [-0.2, 0) is 14.8 Å². The Kier molecular flexibility index (Phi) is 3.24. The fourth-order valence-electron chi connectivity index (χ4n) is 3.03. The van der Waals surface area contributed by atoms with Crippen LogP contribution in [0.3, 0.4) is 0 Å². The Morgan fingerprint density at radius 1 is 1.26 bits per heavy atom. The molecule has 0 radical (unpaired) electrons. The minimum Gasteiger partial charge on any atom is -0.398 e. The maximum Gasteiger partial charge on any atom is 0.245 e. The molecule has 1 aliphatic heterocycles. The number of hydrogen-bond donors (Lipinski definition) is 1. The van der Waals surface area contributed by atoms with Gasteiger partial charge in [-0.25, -0.2) is 8.42 Å². The molecule has 0 amide bonds. The van der Waals surface area contributed by atoms with E-state index in [1.165, 1.54) is 0 Å². The topological polar surface area (TPSA) is 72.6 Å². The highest BCUT2D eigenvalue weighted by molar-refractivity contribution is 7.89. The standard InChI is InChI=1S/C13H18N2O3S/c14-10-4-1-2-7-13(10)19(16,17)15-8-9-18-12-6-3-5-11(12)15/h1-2,4,7,11-12H,3,5-6,8-9,14H2. The normalized spacial score (nSPS) is 28.2. The summed E-state index contributed by atoms with van der Waals surface area (Å²) in [7, 11) is -3.52. The fraction of sp³-hybridized carbons (Fsp3) is 0.538. The van der Waals surface area contributed by atoms with Gasteiger partial charge in [0.2, 0.25) is 10.0 Å². The first-order valence-corrected chi connectivity index (χ1v) is 8.02. The van der Waals surface area contributed by atoms with E-state index in [4.69, 9.17) is 10.5 Å². The molecule has 0 aromatic heterocycles. The van der Waals surface area contributed by atoms with Crippen LogP contribution < -0.4 is 5.73 Å². The van der Waals surface area contributed by atoms with Crippen LogP contribution in [0.4, 0.5) is 5.69 Å². The van der Waals surface area contributed by atoms with Gasteiger partial charge in [0.25, 0.3) is 0 Å². The second-order valence-electron chi connectivity index (χ2n) is 5.06. The summed E-state index contributed by atoms with van der Waals surface area (Å²) in [6.07, 6.45) is 2.89. The van der Waals surface area contributed by atoms with Gasteiger partial charge in [0, 0.05) is 6.54 Å². The molecule has 2 atom stereocenters. The van der Waals surface area contributed by atoms with Crippen LogP contribution in [-0.4, -0.2) is 38.0 Å². The van der Waals surface area contributed by atoms with Crippen molar-refractivity contribution in [3.05, 3.63) is 24.3 Å². The Morgan fingerprint density at radius 3 is 2.84 bits per heavy atom. The van der Waals surface area contributed by atoms with Crippen molar-refractivity contribution in [3.8, 4) is 0 Å².